The normalized spacial score (nSPS) is 11.1. The molecule has 6 nitrogen and oxygen atoms in total. The number of rotatable bonds is 7. The van der Waals surface area contributed by atoms with E-state index in [-0.39, 0.29) is 10.8 Å². The third-order valence-corrected chi connectivity index (χ3v) is 6.36. The van der Waals surface area contributed by atoms with Crippen molar-refractivity contribution in [1.82, 2.24) is 0 Å². The molecular formula is C20H20N2O4S2. The van der Waals surface area contributed by atoms with Crippen molar-refractivity contribution in [3.05, 3.63) is 70.4 Å². The van der Waals surface area contributed by atoms with Crippen LogP contribution < -0.4 is 14.8 Å². The first-order chi connectivity index (χ1) is 13.4. The van der Waals surface area contributed by atoms with Crippen molar-refractivity contribution < 1.29 is 17.9 Å². The lowest BCUT2D eigenvalue weighted by Crippen LogP contribution is -2.13. The number of anilines is 2. The predicted octanol–water partition coefficient (Wildman–Crippen LogP) is 4.51. The van der Waals surface area contributed by atoms with Crippen LogP contribution in [0.2, 0.25) is 0 Å². The molecule has 0 saturated heterocycles. The van der Waals surface area contributed by atoms with Gasteiger partial charge in [0, 0.05) is 16.8 Å². The second-order valence-electron chi connectivity index (χ2n) is 5.98. The molecule has 8 heteroatoms. The average molecular weight is 417 g/mol. The number of hydrogen-bond acceptors (Lipinski definition) is 5. The van der Waals surface area contributed by atoms with Crippen LogP contribution in [0.4, 0.5) is 11.4 Å². The van der Waals surface area contributed by atoms with E-state index in [1.165, 1.54) is 11.4 Å². The van der Waals surface area contributed by atoms with Crippen molar-refractivity contribution in [2.75, 3.05) is 16.6 Å². The van der Waals surface area contributed by atoms with E-state index in [0.717, 1.165) is 16.9 Å². The number of ether oxygens (including phenoxy) is 1. The molecule has 0 fully saturated rings. The van der Waals surface area contributed by atoms with Gasteiger partial charge in [-0.3, -0.25) is 9.52 Å². The first-order valence-corrected chi connectivity index (χ1v) is 11.0. The smallest absolute Gasteiger partial charge is 0.265 e. The second-order valence-corrected chi connectivity index (χ2v) is 8.57. The van der Waals surface area contributed by atoms with Crippen LogP contribution in [-0.4, -0.2) is 20.9 Å². The van der Waals surface area contributed by atoms with Crippen LogP contribution in [0, 0.1) is 6.92 Å². The molecule has 0 unspecified atom stereocenters. The van der Waals surface area contributed by atoms with E-state index in [1.54, 1.807) is 30.3 Å². The Morgan fingerprint density at radius 3 is 2.50 bits per heavy atom. The lowest BCUT2D eigenvalue weighted by molar-refractivity contribution is 0.103. The molecule has 0 bridgehead atoms. The highest BCUT2D eigenvalue weighted by atomic mass is 32.2. The van der Waals surface area contributed by atoms with E-state index in [2.05, 4.69) is 10.0 Å². The summed E-state index contributed by atoms with van der Waals surface area (Å²) in [6.45, 7) is 4.30. The number of carbonyl (C=O) groups excluding carboxylic acids is 1. The highest BCUT2D eigenvalue weighted by Crippen LogP contribution is 2.24. The van der Waals surface area contributed by atoms with Crippen molar-refractivity contribution in [2.45, 2.75) is 18.7 Å². The molecule has 0 atom stereocenters. The lowest BCUT2D eigenvalue weighted by Gasteiger charge is -2.08. The molecule has 0 spiro atoms. The quantitative estimate of drug-likeness (QED) is 0.594. The first kappa shape index (κ1) is 19.9. The Bertz CT molecular complexity index is 1070. The van der Waals surface area contributed by atoms with E-state index in [4.69, 9.17) is 4.74 Å². The monoisotopic (exact) mass is 416 g/mol. The van der Waals surface area contributed by atoms with Crippen molar-refractivity contribution in [1.29, 1.82) is 0 Å². The molecular weight excluding hydrogens is 396 g/mol. The number of aryl methyl sites for hydroxylation is 1. The van der Waals surface area contributed by atoms with Crippen molar-refractivity contribution >= 4 is 38.6 Å². The molecule has 0 radical (unpaired) electrons. The number of carbonyl (C=O) groups is 1. The van der Waals surface area contributed by atoms with Gasteiger partial charge in [0.1, 0.15) is 5.75 Å². The van der Waals surface area contributed by atoms with Gasteiger partial charge in [-0.2, -0.15) is 0 Å². The van der Waals surface area contributed by atoms with Gasteiger partial charge in [-0.15, -0.1) is 11.3 Å². The molecule has 146 valence electrons. The number of thiophene rings is 1. The molecule has 0 aliphatic carbocycles. The summed E-state index contributed by atoms with van der Waals surface area (Å²) >= 11 is 1.08. The van der Waals surface area contributed by atoms with Crippen LogP contribution in [0.15, 0.2) is 64.9 Å². The summed E-state index contributed by atoms with van der Waals surface area (Å²) in [6, 6.07) is 15.4. The largest absolute Gasteiger partial charge is 0.494 e. The maximum atomic E-state index is 12.6. The Hall–Kier alpha value is -2.84. The van der Waals surface area contributed by atoms with Gasteiger partial charge in [-0.25, -0.2) is 8.42 Å². The van der Waals surface area contributed by atoms with Crippen LogP contribution in [0.5, 0.6) is 5.75 Å². The van der Waals surface area contributed by atoms with Gasteiger partial charge in [0.15, 0.2) is 0 Å². The van der Waals surface area contributed by atoms with Gasteiger partial charge in [-0.1, -0.05) is 18.2 Å². The molecule has 3 aromatic rings. The minimum Gasteiger partial charge on any atom is -0.494 e. The number of para-hydroxylation sites is 1. The zero-order valence-electron chi connectivity index (χ0n) is 15.4. The zero-order valence-corrected chi connectivity index (χ0v) is 17.1. The van der Waals surface area contributed by atoms with Crippen molar-refractivity contribution in [3.63, 3.8) is 0 Å². The minimum atomic E-state index is -3.79. The van der Waals surface area contributed by atoms with E-state index >= 15 is 0 Å². The summed E-state index contributed by atoms with van der Waals surface area (Å²) in [7, 11) is -3.79. The lowest BCUT2D eigenvalue weighted by atomic mass is 10.2. The Kier molecular flexibility index (Phi) is 6.01. The first-order valence-electron chi connectivity index (χ1n) is 8.60. The molecule has 0 aliphatic heterocycles. The molecule has 0 aliphatic rings. The summed E-state index contributed by atoms with van der Waals surface area (Å²) in [4.78, 5) is 12.8. The fraction of sp³-hybridized carbons (Fsp3) is 0.150. The number of nitrogens with one attached hydrogen (secondary N) is 2. The van der Waals surface area contributed by atoms with E-state index < -0.39 is 10.0 Å². The summed E-state index contributed by atoms with van der Waals surface area (Å²) in [5, 5.41) is 4.25. The summed E-state index contributed by atoms with van der Waals surface area (Å²) < 4.78 is 33.0. The fourth-order valence-electron chi connectivity index (χ4n) is 2.48. The van der Waals surface area contributed by atoms with Gasteiger partial charge in [0.2, 0.25) is 0 Å². The minimum absolute atomic E-state index is 0.0429. The molecule has 1 amide bonds. The van der Waals surface area contributed by atoms with Crippen LogP contribution in [-0.2, 0) is 10.0 Å². The van der Waals surface area contributed by atoms with Gasteiger partial charge in [-0.05, 0) is 55.8 Å². The standard InChI is InChI=1S/C20H20N2O4S2/c1-3-26-16-10-8-15(9-11-16)22-28(24,25)17-12-19(27-13-17)20(23)21-18-7-5-4-6-14(18)2/h4-13,22H,3H2,1-2H3,(H,21,23). The molecule has 1 aromatic heterocycles. The topological polar surface area (TPSA) is 84.5 Å². The highest BCUT2D eigenvalue weighted by molar-refractivity contribution is 7.92. The zero-order chi connectivity index (χ0) is 20.1. The van der Waals surface area contributed by atoms with Crippen LogP contribution in [0.3, 0.4) is 0 Å². The molecule has 2 N–H and O–H groups in total. The molecule has 1 heterocycles. The van der Waals surface area contributed by atoms with Gasteiger partial charge in [0.25, 0.3) is 15.9 Å². The molecule has 28 heavy (non-hydrogen) atoms. The fourth-order valence-corrected chi connectivity index (χ4v) is 4.70. The Balaban J connectivity index is 1.72. The Labute approximate surface area is 168 Å². The maximum absolute atomic E-state index is 12.6. The number of amides is 1. The van der Waals surface area contributed by atoms with E-state index in [0.29, 0.717) is 28.6 Å². The Morgan fingerprint density at radius 2 is 1.82 bits per heavy atom. The highest BCUT2D eigenvalue weighted by Gasteiger charge is 2.19. The summed E-state index contributed by atoms with van der Waals surface area (Å²) in [6.07, 6.45) is 0. The van der Waals surface area contributed by atoms with Crippen molar-refractivity contribution in [2.24, 2.45) is 0 Å². The third-order valence-electron chi connectivity index (χ3n) is 3.92. The summed E-state index contributed by atoms with van der Waals surface area (Å²) in [5.41, 5.74) is 2.04. The molecule has 0 saturated carbocycles. The van der Waals surface area contributed by atoms with Crippen LogP contribution >= 0.6 is 11.3 Å². The second kappa shape index (κ2) is 8.45. The Morgan fingerprint density at radius 1 is 1.11 bits per heavy atom. The van der Waals surface area contributed by atoms with Gasteiger partial charge >= 0.3 is 0 Å². The summed E-state index contributed by atoms with van der Waals surface area (Å²) in [5.74, 6) is 0.318. The van der Waals surface area contributed by atoms with Crippen molar-refractivity contribution in [3.8, 4) is 5.75 Å². The van der Waals surface area contributed by atoms with Gasteiger partial charge < -0.3 is 10.1 Å². The molecule has 2 aromatic carbocycles. The van der Waals surface area contributed by atoms with E-state index in [1.807, 2.05) is 32.0 Å². The number of sulfonamides is 1. The molecule has 3 rings (SSSR count). The predicted molar refractivity (Wildman–Crippen MR) is 112 cm³/mol. The maximum Gasteiger partial charge on any atom is 0.265 e. The average Bonchev–Trinajstić information content (AvgIpc) is 3.17. The van der Waals surface area contributed by atoms with Crippen LogP contribution in [0.25, 0.3) is 0 Å². The number of benzene rings is 2. The SMILES string of the molecule is CCOc1ccc(NS(=O)(=O)c2csc(C(=O)Nc3ccccc3C)c2)cc1. The van der Waals surface area contributed by atoms with Crippen LogP contribution in [0.1, 0.15) is 22.2 Å². The van der Waals surface area contributed by atoms with E-state index in [9.17, 15) is 13.2 Å². The third kappa shape index (κ3) is 4.71. The van der Waals surface area contributed by atoms with Gasteiger partial charge in [0.05, 0.1) is 16.4 Å². The number of hydrogen-bond donors (Lipinski definition) is 2.